The Balaban J connectivity index is 1.79. The second-order valence-corrected chi connectivity index (χ2v) is 7.88. The number of halogens is 2. The molecule has 3 rings (SSSR count). The Kier molecular flexibility index (Phi) is 3.77. The van der Waals surface area contributed by atoms with Gasteiger partial charge in [0.1, 0.15) is 0 Å². The molecule has 0 spiro atoms. The number of carbonyl (C=O) groups excluding carboxylic acids is 1. The van der Waals surface area contributed by atoms with Gasteiger partial charge < -0.3 is 4.84 Å². The third kappa shape index (κ3) is 2.26. The first-order valence-electron chi connectivity index (χ1n) is 7.49. The van der Waals surface area contributed by atoms with Crippen molar-refractivity contribution in [2.45, 2.75) is 40.0 Å². The zero-order valence-corrected chi connectivity index (χ0v) is 14.5. The van der Waals surface area contributed by atoms with E-state index in [4.69, 9.17) is 28.0 Å². The summed E-state index contributed by atoms with van der Waals surface area (Å²) in [5.41, 5.74) is 1.49. The smallest absolute Gasteiger partial charge is 0.313 e. The van der Waals surface area contributed by atoms with E-state index in [1.807, 2.05) is 0 Å². The highest BCUT2D eigenvalue weighted by Gasteiger charge is 2.60. The van der Waals surface area contributed by atoms with Gasteiger partial charge >= 0.3 is 5.97 Å². The zero-order chi connectivity index (χ0) is 16.1. The Morgan fingerprint density at radius 1 is 1.32 bits per heavy atom. The van der Waals surface area contributed by atoms with Crippen LogP contribution in [0, 0.1) is 16.7 Å². The first kappa shape index (κ1) is 15.8. The van der Waals surface area contributed by atoms with E-state index >= 15 is 0 Å². The van der Waals surface area contributed by atoms with E-state index in [2.05, 4.69) is 25.9 Å². The van der Waals surface area contributed by atoms with Gasteiger partial charge in [-0.1, -0.05) is 49.1 Å². The molecule has 0 N–H and O–H groups in total. The summed E-state index contributed by atoms with van der Waals surface area (Å²) >= 11 is 11.9. The topological polar surface area (TPSA) is 38.7 Å². The van der Waals surface area contributed by atoms with Crippen molar-refractivity contribution in [3.63, 3.8) is 0 Å². The minimum atomic E-state index is -0.543. The fraction of sp³-hybridized carbons (Fsp3) is 0.529. The lowest BCUT2D eigenvalue weighted by Crippen LogP contribution is -2.32. The fourth-order valence-electron chi connectivity index (χ4n) is 3.87. The summed E-state index contributed by atoms with van der Waals surface area (Å²) in [6, 6.07) is 4.69. The van der Waals surface area contributed by atoms with Gasteiger partial charge in [-0.2, -0.15) is 0 Å². The molecule has 2 bridgehead atoms. The van der Waals surface area contributed by atoms with Crippen molar-refractivity contribution < 1.29 is 9.63 Å². The molecule has 2 aliphatic carbocycles. The van der Waals surface area contributed by atoms with Gasteiger partial charge in [-0.05, 0) is 48.8 Å². The molecule has 1 aromatic carbocycles. The van der Waals surface area contributed by atoms with Crippen LogP contribution in [0.2, 0.25) is 10.0 Å². The summed E-state index contributed by atoms with van der Waals surface area (Å²) in [6.45, 7) is 6.79. The van der Waals surface area contributed by atoms with Crippen LogP contribution in [-0.2, 0) is 4.84 Å². The Bertz CT molecular complexity index is 669. The van der Waals surface area contributed by atoms with Crippen LogP contribution in [0.1, 0.15) is 50.4 Å². The number of carbonyl (C=O) groups is 1. The second kappa shape index (κ2) is 5.24. The van der Waals surface area contributed by atoms with Gasteiger partial charge in [0.2, 0.25) is 0 Å². The molecule has 0 aromatic heterocycles. The number of hydrogen-bond donors (Lipinski definition) is 0. The van der Waals surface area contributed by atoms with E-state index in [0.717, 1.165) is 18.6 Å². The first-order valence-corrected chi connectivity index (χ1v) is 8.25. The van der Waals surface area contributed by atoms with Crippen LogP contribution in [0.5, 0.6) is 0 Å². The Labute approximate surface area is 140 Å². The van der Waals surface area contributed by atoms with Gasteiger partial charge in [0, 0.05) is 10.4 Å². The lowest BCUT2D eigenvalue weighted by atomic mass is 9.70. The molecule has 2 aliphatic rings. The van der Waals surface area contributed by atoms with Crippen molar-refractivity contribution in [1.82, 2.24) is 0 Å². The minimum Gasteiger partial charge on any atom is -0.313 e. The summed E-state index contributed by atoms with van der Waals surface area (Å²) in [7, 11) is 0. The van der Waals surface area contributed by atoms with E-state index in [-0.39, 0.29) is 21.4 Å². The van der Waals surface area contributed by atoms with Crippen LogP contribution in [0.15, 0.2) is 23.4 Å². The number of rotatable bonds is 2. The van der Waals surface area contributed by atoms with E-state index in [0.29, 0.717) is 10.9 Å². The molecule has 0 heterocycles. The maximum Gasteiger partial charge on any atom is 0.367 e. The fourth-order valence-corrected chi connectivity index (χ4v) is 4.35. The number of benzene rings is 1. The van der Waals surface area contributed by atoms with Gasteiger partial charge in [-0.25, -0.2) is 4.79 Å². The van der Waals surface area contributed by atoms with Crippen molar-refractivity contribution in [3.05, 3.63) is 33.8 Å². The van der Waals surface area contributed by atoms with E-state index in [1.165, 1.54) is 12.5 Å². The Hall–Kier alpha value is -1.06. The summed E-state index contributed by atoms with van der Waals surface area (Å²) in [6.07, 6.45) is 3.23. The number of nitrogens with zero attached hydrogens (tertiary/aromatic N) is 1. The van der Waals surface area contributed by atoms with Crippen LogP contribution < -0.4 is 0 Å². The lowest BCUT2D eigenvalue weighted by molar-refractivity contribution is 0.0508. The molecule has 0 amide bonds. The minimum absolute atomic E-state index is 0.0156. The molecule has 1 aromatic rings. The van der Waals surface area contributed by atoms with Crippen LogP contribution >= 0.6 is 23.2 Å². The molecular weight excluding hydrogens is 321 g/mol. The van der Waals surface area contributed by atoms with Crippen molar-refractivity contribution in [3.8, 4) is 0 Å². The molecule has 22 heavy (non-hydrogen) atoms. The van der Waals surface area contributed by atoms with Crippen molar-refractivity contribution in [1.29, 1.82) is 0 Å². The number of fused-ring (bicyclic) bond motifs is 2. The molecule has 0 unspecified atom stereocenters. The highest BCUT2D eigenvalue weighted by atomic mass is 35.5. The standard InChI is InChI=1S/C17H19Cl2NO2/c1-16(2)10-6-7-17(16,3)14(8-10)20-22-15(21)12-5-4-11(18)9-13(12)19/h4-5,9-10H,6-8H2,1-3H3/b20-14+/t10-,17-/m0/s1. The molecule has 0 aliphatic heterocycles. The number of oxime groups is 1. The van der Waals surface area contributed by atoms with Crippen molar-refractivity contribution >= 4 is 34.9 Å². The molecule has 2 atom stereocenters. The molecule has 0 saturated heterocycles. The van der Waals surface area contributed by atoms with Crippen LogP contribution in [0.4, 0.5) is 0 Å². The summed E-state index contributed by atoms with van der Waals surface area (Å²) < 4.78 is 0. The van der Waals surface area contributed by atoms with Crippen LogP contribution in [-0.4, -0.2) is 11.7 Å². The lowest BCUT2D eigenvalue weighted by Gasteiger charge is -2.34. The maximum atomic E-state index is 12.1. The Morgan fingerprint density at radius 3 is 2.59 bits per heavy atom. The highest BCUT2D eigenvalue weighted by Crippen LogP contribution is 2.64. The maximum absolute atomic E-state index is 12.1. The average Bonchev–Trinajstić information content (AvgIpc) is 2.77. The molecule has 3 nitrogen and oxygen atoms in total. The van der Waals surface area contributed by atoms with Crippen LogP contribution in [0.25, 0.3) is 0 Å². The quantitative estimate of drug-likeness (QED) is 0.537. The SMILES string of the molecule is CC1(C)[C@H]2CC[C@@]1(C)/C(=N/OC(=O)c1ccc(Cl)cc1Cl)C2. The van der Waals surface area contributed by atoms with E-state index < -0.39 is 5.97 Å². The largest absolute Gasteiger partial charge is 0.367 e. The second-order valence-electron chi connectivity index (χ2n) is 7.03. The summed E-state index contributed by atoms with van der Waals surface area (Å²) in [5, 5.41) is 4.95. The van der Waals surface area contributed by atoms with E-state index in [9.17, 15) is 4.79 Å². The third-order valence-electron chi connectivity index (χ3n) is 5.90. The van der Waals surface area contributed by atoms with E-state index in [1.54, 1.807) is 12.1 Å². The van der Waals surface area contributed by atoms with Gasteiger partial charge in [0.25, 0.3) is 0 Å². The third-order valence-corrected chi connectivity index (χ3v) is 6.45. The molecular formula is C17H19Cl2NO2. The van der Waals surface area contributed by atoms with Gasteiger partial charge in [0.05, 0.1) is 16.3 Å². The van der Waals surface area contributed by atoms with Crippen LogP contribution in [0.3, 0.4) is 0 Å². The predicted octanol–water partition coefficient (Wildman–Crippen LogP) is 5.35. The number of hydrogen-bond acceptors (Lipinski definition) is 3. The first-order chi connectivity index (χ1) is 10.3. The van der Waals surface area contributed by atoms with Gasteiger partial charge in [-0.3, -0.25) is 0 Å². The highest BCUT2D eigenvalue weighted by molar-refractivity contribution is 6.36. The normalized spacial score (nSPS) is 30.8. The molecule has 2 saturated carbocycles. The predicted molar refractivity (Wildman–Crippen MR) is 88.5 cm³/mol. The molecule has 118 valence electrons. The van der Waals surface area contributed by atoms with Gasteiger partial charge in [-0.15, -0.1) is 0 Å². The summed E-state index contributed by atoms with van der Waals surface area (Å²) in [5.74, 6) is 0.0763. The zero-order valence-electron chi connectivity index (χ0n) is 13.0. The molecule has 0 radical (unpaired) electrons. The molecule has 2 fully saturated rings. The Morgan fingerprint density at radius 2 is 2.05 bits per heavy atom. The average molecular weight is 340 g/mol. The van der Waals surface area contributed by atoms with Crippen molar-refractivity contribution in [2.75, 3.05) is 0 Å². The van der Waals surface area contributed by atoms with Crippen molar-refractivity contribution in [2.24, 2.45) is 21.9 Å². The summed E-state index contributed by atoms with van der Waals surface area (Å²) in [4.78, 5) is 17.3. The molecule has 5 heteroatoms. The van der Waals surface area contributed by atoms with Gasteiger partial charge in [0.15, 0.2) is 0 Å². The monoisotopic (exact) mass is 339 g/mol.